The molecule has 7 rings (SSSR count). The zero-order chi connectivity index (χ0) is 26.7. The number of halogens is 3. The molecule has 2 bridgehead atoms. The molecule has 3 aromatic rings. The summed E-state index contributed by atoms with van der Waals surface area (Å²) in [6.07, 6.45) is -3.00. The van der Waals surface area contributed by atoms with Gasteiger partial charge >= 0.3 is 6.18 Å². The number of carbonyl (C=O) groups excluding carboxylic acids is 1. The largest absolute Gasteiger partial charge is 0.416 e. The van der Waals surface area contributed by atoms with Crippen molar-refractivity contribution < 1.29 is 26.4 Å². The maximum Gasteiger partial charge on any atom is 0.416 e. The Morgan fingerprint density at radius 3 is 1.82 bits per heavy atom. The third kappa shape index (κ3) is 4.20. The van der Waals surface area contributed by atoms with Gasteiger partial charge in [-0.05, 0) is 65.9 Å². The molecule has 0 unspecified atom stereocenters. The predicted octanol–water partition coefficient (Wildman–Crippen LogP) is 3.88. The lowest BCUT2D eigenvalue weighted by molar-refractivity contribution is -0.137. The average Bonchev–Trinajstić information content (AvgIpc) is 3.44. The number of rotatable bonds is 5. The fourth-order valence-electron chi connectivity index (χ4n) is 6.24. The highest BCUT2D eigenvalue weighted by Crippen LogP contribution is 2.53. The quantitative estimate of drug-likeness (QED) is 0.458. The molecule has 1 amide bonds. The first-order valence-corrected chi connectivity index (χ1v) is 14.0. The van der Waals surface area contributed by atoms with Crippen LogP contribution < -0.4 is 15.4 Å². The predicted molar refractivity (Wildman–Crippen MR) is 135 cm³/mol. The molecule has 0 spiro atoms. The average molecular weight is 542 g/mol. The Balaban J connectivity index is 1.42. The van der Waals surface area contributed by atoms with Gasteiger partial charge in [0, 0.05) is 11.8 Å². The van der Waals surface area contributed by atoms with Gasteiger partial charge in [-0.2, -0.15) is 13.2 Å². The van der Waals surface area contributed by atoms with Crippen LogP contribution in [-0.4, -0.2) is 39.0 Å². The van der Waals surface area contributed by atoms with Crippen molar-refractivity contribution in [3.63, 3.8) is 0 Å². The van der Waals surface area contributed by atoms with Crippen molar-refractivity contribution in [1.82, 2.24) is 15.4 Å². The van der Waals surface area contributed by atoms with Crippen LogP contribution in [0.15, 0.2) is 77.7 Å². The third-order valence-electron chi connectivity index (χ3n) is 7.91. The second-order valence-corrected chi connectivity index (χ2v) is 11.8. The molecular weight excluding hydrogens is 515 g/mol. The van der Waals surface area contributed by atoms with Crippen molar-refractivity contribution in [3.8, 4) is 0 Å². The van der Waals surface area contributed by atoms with Crippen LogP contribution in [0.2, 0.25) is 0 Å². The molecule has 0 radical (unpaired) electrons. The van der Waals surface area contributed by atoms with Gasteiger partial charge in [-0.15, -0.1) is 0 Å². The minimum atomic E-state index is -4.57. The molecule has 3 atom stereocenters. The molecule has 198 valence electrons. The zero-order valence-electron chi connectivity index (χ0n) is 20.2. The maximum absolute atomic E-state index is 13.5. The number of alkyl halides is 3. The summed E-state index contributed by atoms with van der Waals surface area (Å²) >= 11 is 0. The van der Waals surface area contributed by atoms with Gasteiger partial charge in [0.2, 0.25) is 15.9 Å². The van der Waals surface area contributed by atoms with Gasteiger partial charge in [0.1, 0.15) is 0 Å². The van der Waals surface area contributed by atoms with Gasteiger partial charge in [-0.25, -0.2) is 13.1 Å². The van der Waals surface area contributed by atoms with Crippen LogP contribution in [0.5, 0.6) is 0 Å². The number of carbonyl (C=O) groups is 1. The Bertz CT molecular complexity index is 1440. The van der Waals surface area contributed by atoms with E-state index in [-0.39, 0.29) is 22.8 Å². The van der Waals surface area contributed by atoms with Crippen LogP contribution in [-0.2, 0) is 21.0 Å². The summed E-state index contributed by atoms with van der Waals surface area (Å²) in [5.41, 5.74) is 3.09. The Labute approximate surface area is 218 Å². The van der Waals surface area contributed by atoms with Crippen molar-refractivity contribution in [2.45, 2.75) is 53.9 Å². The highest BCUT2D eigenvalue weighted by atomic mass is 32.2. The van der Waals surface area contributed by atoms with Crippen LogP contribution in [0, 0.1) is 0 Å². The first kappa shape index (κ1) is 25.1. The Morgan fingerprint density at radius 2 is 1.34 bits per heavy atom. The molecule has 3 N–H and O–H groups in total. The molecule has 0 saturated carbocycles. The molecule has 1 saturated heterocycles. The zero-order valence-corrected chi connectivity index (χ0v) is 21.0. The number of benzene rings is 3. The van der Waals surface area contributed by atoms with E-state index in [1.165, 1.54) is 0 Å². The van der Waals surface area contributed by atoms with E-state index in [0.717, 1.165) is 59.5 Å². The van der Waals surface area contributed by atoms with Gasteiger partial charge < -0.3 is 10.6 Å². The molecule has 1 aliphatic heterocycles. The van der Waals surface area contributed by atoms with E-state index >= 15 is 0 Å². The summed E-state index contributed by atoms with van der Waals surface area (Å²) in [5.74, 6) is -0.870. The summed E-state index contributed by atoms with van der Waals surface area (Å²) in [7, 11) is -4.22. The minimum Gasteiger partial charge on any atom is -0.349 e. The van der Waals surface area contributed by atoms with Gasteiger partial charge in [-0.3, -0.25) is 4.79 Å². The highest BCUT2D eigenvalue weighted by Gasteiger charge is 2.51. The van der Waals surface area contributed by atoms with Crippen LogP contribution in [0.1, 0.15) is 52.5 Å². The number of hydrogen-bond acceptors (Lipinski definition) is 4. The van der Waals surface area contributed by atoms with Gasteiger partial charge in [0.05, 0.1) is 28.6 Å². The number of sulfonamides is 1. The molecule has 1 heterocycles. The first-order chi connectivity index (χ1) is 18.1. The Hall–Kier alpha value is -3.21. The molecular formula is C28H26F3N3O3S. The van der Waals surface area contributed by atoms with Gasteiger partial charge in [0.25, 0.3) is 0 Å². The lowest BCUT2D eigenvalue weighted by Gasteiger charge is -2.51. The summed E-state index contributed by atoms with van der Waals surface area (Å²) in [6, 6.07) is 17.4. The lowest BCUT2D eigenvalue weighted by atomic mass is 9.59. The third-order valence-corrected chi connectivity index (χ3v) is 9.38. The molecule has 0 aromatic heterocycles. The van der Waals surface area contributed by atoms with Crippen molar-refractivity contribution >= 4 is 15.9 Å². The molecule has 38 heavy (non-hydrogen) atoms. The number of hydrogen-bond donors (Lipinski definition) is 3. The van der Waals surface area contributed by atoms with E-state index in [1.807, 2.05) is 48.5 Å². The number of nitrogens with one attached hydrogen (secondary N) is 3. The fourth-order valence-corrected chi connectivity index (χ4v) is 7.51. The summed E-state index contributed by atoms with van der Waals surface area (Å²) in [5, 5.41) is 6.34. The van der Waals surface area contributed by atoms with E-state index in [9.17, 15) is 26.4 Å². The smallest absolute Gasteiger partial charge is 0.349 e. The number of amides is 1. The Morgan fingerprint density at radius 1 is 0.816 bits per heavy atom. The summed E-state index contributed by atoms with van der Waals surface area (Å²) in [6.45, 7) is 0.741. The molecule has 3 aliphatic carbocycles. The summed E-state index contributed by atoms with van der Waals surface area (Å²) < 4.78 is 69.0. The Kier molecular flexibility index (Phi) is 6.08. The molecule has 3 aromatic carbocycles. The van der Waals surface area contributed by atoms with E-state index in [4.69, 9.17) is 0 Å². The SMILES string of the molecule is O=C(N[C@@H]1C2c3ccccc3C(c3ccccc32)[C@H]1NS(=O)(=O)c1ccc(C(F)(F)F)cc1)[C@@H]1CCCN1. The van der Waals surface area contributed by atoms with Crippen molar-refractivity contribution in [1.29, 1.82) is 0 Å². The van der Waals surface area contributed by atoms with Crippen LogP contribution in [0.3, 0.4) is 0 Å². The molecule has 10 heteroatoms. The van der Waals surface area contributed by atoms with Gasteiger partial charge in [0.15, 0.2) is 0 Å². The lowest BCUT2D eigenvalue weighted by Crippen LogP contribution is -2.63. The molecule has 1 fully saturated rings. The van der Waals surface area contributed by atoms with Crippen molar-refractivity contribution in [3.05, 3.63) is 101 Å². The van der Waals surface area contributed by atoms with E-state index < -0.39 is 39.8 Å². The topological polar surface area (TPSA) is 87.3 Å². The second-order valence-electron chi connectivity index (χ2n) is 10.1. The maximum atomic E-state index is 13.5. The van der Waals surface area contributed by atoms with E-state index in [0.29, 0.717) is 6.42 Å². The van der Waals surface area contributed by atoms with E-state index in [1.54, 1.807) is 0 Å². The standard InChI is InChI=1S/C28H26F3N3O3S/c29-28(30,31)16-11-13-17(14-12-16)38(36,37)34-26-24-20-8-3-1-6-18(20)23(19-7-2-4-9-21(19)24)25(26)33-27(35)22-10-5-15-32-22/h1-4,6-9,11-14,22-26,32,34H,5,10,15H2,(H,33,35)/t22-,23?,24?,25+,26+/m0/s1. The number of fused-ring (bicyclic) bond motifs is 1. The fraction of sp³-hybridized carbons (Fsp3) is 0.321. The van der Waals surface area contributed by atoms with Crippen LogP contribution in [0.25, 0.3) is 0 Å². The first-order valence-electron chi connectivity index (χ1n) is 12.6. The van der Waals surface area contributed by atoms with Crippen LogP contribution in [0.4, 0.5) is 13.2 Å². The van der Waals surface area contributed by atoms with Gasteiger partial charge in [-0.1, -0.05) is 48.5 Å². The highest BCUT2D eigenvalue weighted by molar-refractivity contribution is 7.89. The minimum absolute atomic E-state index is 0.186. The van der Waals surface area contributed by atoms with Crippen molar-refractivity contribution in [2.24, 2.45) is 0 Å². The second kappa shape index (κ2) is 9.21. The summed E-state index contributed by atoms with van der Waals surface area (Å²) in [4.78, 5) is 13.0. The molecule has 6 nitrogen and oxygen atoms in total. The van der Waals surface area contributed by atoms with E-state index in [2.05, 4.69) is 15.4 Å². The molecule has 4 aliphatic rings. The monoisotopic (exact) mass is 541 g/mol. The normalized spacial score (nSPS) is 26.0. The van der Waals surface area contributed by atoms with Crippen LogP contribution >= 0.6 is 0 Å². The van der Waals surface area contributed by atoms with Crippen molar-refractivity contribution in [2.75, 3.05) is 6.54 Å².